The van der Waals surface area contributed by atoms with Crippen molar-refractivity contribution < 1.29 is 28.8 Å². The molecule has 0 saturated heterocycles. The summed E-state index contributed by atoms with van der Waals surface area (Å²) in [4.78, 5) is 37.1. The SMILES string of the molecule is CC(C)c1nc(-c2cccc3cc(-c4ccc(C(=O)[O-])nc4)ncc23)cc2c1n(C)c(=O)n2C.[Li+]. The number of imidazole rings is 1. The number of rotatable bonds is 4. The van der Waals surface area contributed by atoms with Gasteiger partial charge in [0.15, 0.2) is 0 Å². The monoisotopic (exact) mass is 459 g/mol. The molecule has 0 spiro atoms. The number of carbonyl (C=O) groups is 1. The smallest absolute Gasteiger partial charge is 0.543 e. The van der Waals surface area contributed by atoms with Crippen molar-refractivity contribution >= 4 is 27.8 Å². The maximum Gasteiger partial charge on any atom is 1.00 e. The third-order valence-electron chi connectivity index (χ3n) is 6.13. The number of aromatic nitrogens is 5. The van der Waals surface area contributed by atoms with Gasteiger partial charge in [0.1, 0.15) is 0 Å². The molecule has 5 rings (SSSR count). The number of carboxylic acids is 1. The number of aryl methyl sites for hydroxylation is 2. The van der Waals surface area contributed by atoms with Gasteiger partial charge in [-0.15, -0.1) is 0 Å². The molecule has 0 aliphatic carbocycles. The molecule has 35 heavy (non-hydrogen) atoms. The standard InChI is InChI=1S/C26H23N5O3.Li/c1-14(2)23-24-22(30(3)26(34)31(24)4)11-21(29-23)17-7-5-6-15-10-20(28-13-18(15)17)16-8-9-19(25(32)33)27-12-16;/h5-14H,1-4H3,(H,32,33);/q;+1/p-1. The molecule has 170 valence electrons. The van der Waals surface area contributed by atoms with Crippen molar-refractivity contribution in [3.8, 4) is 22.5 Å². The Morgan fingerprint density at radius 1 is 0.971 bits per heavy atom. The van der Waals surface area contributed by atoms with Gasteiger partial charge in [-0.05, 0) is 35.6 Å². The Kier molecular flexibility index (Phi) is 6.37. The van der Waals surface area contributed by atoms with Crippen LogP contribution in [0.25, 0.3) is 44.3 Å². The average Bonchev–Trinajstić information content (AvgIpc) is 3.06. The molecule has 4 heterocycles. The van der Waals surface area contributed by atoms with E-state index in [0.29, 0.717) is 11.3 Å². The van der Waals surface area contributed by atoms with Crippen LogP contribution >= 0.6 is 0 Å². The molecule has 0 saturated carbocycles. The molecule has 0 atom stereocenters. The summed E-state index contributed by atoms with van der Waals surface area (Å²) in [7, 11) is 3.55. The van der Waals surface area contributed by atoms with E-state index in [2.05, 4.69) is 23.8 Å². The van der Waals surface area contributed by atoms with Crippen LogP contribution in [0.5, 0.6) is 0 Å². The Bertz CT molecular complexity index is 1650. The summed E-state index contributed by atoms with van der Waals surface area (Å²) < 4.78 is 3.30. The first-order valence-electron chi connectivity index (χ1n) is 10.9. The Labute approximate surface area is 213 Å². The van der Waals surface area contributed by atoms with E-state index in [4.69, 9.17) is 4.98 Å². The fourth-order valence-electron chi connectivity index (χ4n) is 4.33. The van der Waals surface area contributed by atoms with Crippen LogP contribution in [0.4, 0.5) is 0 Å². The molecule has 0 aliphatic rings. The molecule has 0 unspecified atom stereocenters. The van der Waals surface area contributed by atoms with Gasteiger partial charge in [-0.3, -0.25) is 24.1 Å². The number of aromatic carboxylic acids is 1. The topological polar surface area (TPSA) is 106 Å². The second-order valence-electron chi connectivity index (χ2n) is 8.63. The van der Waals surface area contributed by atoms with Crippen molar-refractivity contribution in [2.24, 2.45) is 14.1 Å². The average molecular weight is 459 g/mol. The van der Waals surface area contributed by atoms with Crippen molar-refractivity contribution in [3.63, 3.8) is 0 Å². The van der Waals surface area contributed by atoms with E-state index in [1.165, 1.54) is 12.3 Å². The summed E-state index contributed by atoms with van der Waals surface area (Å²) in [6.07, 6.45) is 3.26. The molecule has 0 bridgehead atoms. The second-order valence-corrected chi connectivity index (χ2v) is 8.63. The van der Waals surface area contributed by atoms with Crippen LogP contribution in [0, 0.1) is 0 Å². The summed E-state index contributed by atoms with van der Waals surface area (Å²) in [5, 5.41) is 12.9. The van der Waals surface area contributed by atoms with Crippen LogP contribution in [0.15, 0.2) is 59.7 Å². The molecule has 8 nitrogen and oxygen atoms in total. The number of carboxylic acid groups (broad SMARTS) is 1. The molecule has 4 aromatic heterocycles. The molecular weight excluding hydrogens is 437 g/mol. The molecule has 5 aromatic rings. The minimum Gasteiger partial charge on any atom is -0.543 e. The molecule has 1 aromatic carbocycles. The number of hydrogen-bond acceptors (Lipinski definition) is 6. The second kappa shape index (κ2) is 9.14. The summed E-state index contributed by atoms with van der Waals surface area (Å²) >= 11 is 0. The van der Waals surface area contributed by atoms with E-state index in [1.807, 2.05) is 30.3 Å². The van der Waals surface area contributed by atoms with Gasteiger partial charge in [-0.1, -0.05) is 32.0 Å². The molecule has 0 fully saturated rings. The molecule has 0 aliphatic heterocycles. The zero-order valence-corrected chi connectivity index (χ0v) is 20.2. The summed E-state index contributed by atoms with van der Waals surface area (Å²) in [6, 6.07) is 12.9. The number of benzene rings is 1. The van der Waals surface area contributed by atoms with Crippen LogP contribution < -0.4 is 29.7 Å². The first-order chi connectivity index (χ1) is 16.3. The van der Waals surface area contributed by atoms with Crippen LogP contribution in [0.2, 0.25) is 0 Å². The zero-order valence-electron chi connectivity index (χ0n) is 20.2. The van der Waals surface area contributed by atoms with E-state index in [0.717, 1.165) is 38.8 Å². The summed E-state index contributed by atoms with van der Waals surface area (Å²) in [6.45, 7) is 4.14. The summed E-state index contributed by atoms with van der Waals surface area (Å²) in [5.41, 5.74) is 5.43. The Hall–Kier alpha value is -3.73. The van der Waals surface area contributed by atoms with Crippen molar-refractivity contribution in [2.75, 3.05) is 0 Å². The van der Waals surface area contributed by atoms with Gasteiger partial charge in [0.25, 0.3) is 0 Å². The Morgan fingerprint density at radius 3 is 2.40 bits per heavy atom. The molecule has 0 amide bonds. The van der Waals surface area contributed by atoms with Crippen LogP contribution in [-0.2, 0) is 14.1 Å². The van der Waals surface area contributed by atoms with Gasteiger partial charge < -0.3 is 9.90 Å². The van der Waals surface area contributed by atoms with Crippen molar-refractivity contribution in [1.82, 2.24) is 24.1 Å². The number of carbonyl (C=O) groups excluding carboxylic acids is 1. The maximum atomic E-state index is 12.6. The quantitative estimate of drug-likeness (QED) is 0.352. The normalized spacial score (nSPS) is 11.2. The minimum atomic E-state index is -1.32. The van der Waals surface area contributed by atoms with Crippen LogP contribution in [0.1, 0.15) is 35.9 Å². The maximum absolute atomic E-state index is 12.6. The first-order valence-corrected chi connectivity index (χ1v) is 10.9. The third-order valence-corrected chi connectivity index (χ3v) is 6.13. The fraction of sp³-hybridized carbons (Fsp3) is 0.192. The van der Waals surface area contributed by atoms with E-state index in [9.17, 15) is 14.7 Å². The van der Waals surface area contributed by atoms with Crippen LogP contribution in [0.3, 0.4) is 0 Å². The number of fused-ring (bicyclic) bond motifs is 2. The Balaban J connectivity index is 0.00000289. The molecule has 0 radical (unpaired) electrons. The minimum absolute atomic E-state index is 0. The van der Waals surface area contributed by atoms with E-state index < -0.39 is 5.97 Å². The van der Waals surface area contributed by atoms with Gasteiger partial charge in [-0.25, -0.2) is 4.79 Å². The van der Waals surface area contributed by atoms with Gasteiger partial charge in [0, 0.05) is 43.0 Å². The van der Waals surface area contributed by atoms with Gasteiger partial charge in [0.05, 0.1) is 39.8 Å². The third kappa shape index (κ3) is 4.05. The molecule has 9 heteroatoms. The largest absolute Gasteiger partial charge is 1.00 e. The number of nitrogens with zero attached hydrogens (tertiary/aromatic N) is 5. The number of hydrogen-bond donors (Lipinski definition) is 0. The predicted octanol–water partition coefficient (Wildman–Crippen LogP) is 0.0401. The van der Waals surface area contributed by atoms with Gasteiger partial charge >= 0.3 is 24.6 Å². The van der Waals surface area contributed by atoms with E-state index >= 15 is 0 Å². The Morgan fingerprint density at radius 2 is 1.74 bits per heavy atom. The van der Waals surface area contributed by atoms with E-state index in [1.54, 1.807) is 35.5 Å². The van der Waals surface area contributed by atoms with Crippen molar-refractivity contribution in [1.29, 1.82) is 0 Å². The molecular formula is C26H22LiN5O3. The van der Waals surface area contributed by atoms with E-state index in [-0.39, 0.29) is 36.2 Å². The fourth-order valence-corrected chi connectivity index (χ4v) is 4.33. The predicted molar refractivity (Wildman–Crippen MR) is 128 cm³/mol. The summed E-state index contributed by atoms with van der Waals surface area (Å²) in [5.74, 6) is -1.18. The molecule has 0 N–H and O–H groups in total. The first kappa shape index (κ1) is 24.4. The van der Waals surface area contributed by atoms with Crippen LogP contribution in [-0.4, -0.2) is 30.1 Å². The van der Waals surface area contributed by atoms with Gasteiger partial charge in [-0.2, -0.15) is 0 Å². The zero-order chi connectivity index (χ0) is 24.1. The van der Waals surface area contributed by atoms with Gasteiger partial charge in [0.2, 0.25) is 0 Å². The number of pyridine rings is 3. The van der Waals surface area contributed by atoms with Crippen molar-refractivity contribution in [2.45, 2.75) is 19.8 Å². The van der Waals surface area contributed by atoms with Crippen molar-refractivity contribution in [3.05, 3.63) is 76.7 Å².